The van der Waals surface area contributed by atoms with E-state index in [4.69, 9.17) is 29.6 Å². The van der Waals surface area contributed by atoms with Gasteiger partial charge in [-0.05, 0) is 36.4 Å². The number of halogens is 3. The quantitative estimate of drug-likeness (QED) is 0.842. The summed E-state index contributed by atoms with van der Waals surface area (Å²) in [5, 5.41) is 3.45. The molecule has 20 heavy (non-hydrogen) atoms. The standard InChI is InChI=1S/C14H11ClF2N2S/c15-9-1-3-11(14(18)20)13(6-9)19-7-8-5-10(16)2-4-12(8)17/h1-6,19H,7H2,(H2,18,20). The van der Waals surface area contributed by atoms with E-state index < -0.39 is 11.6 Å². The molecule has 0 unspecified atom stereocenters. The minimum atomic E-state index is -0.496. The van der Waals surface area contributed by atoms with Crippen LogP contribution in [0, 0.1) is 11.6 Å². The van der Waals surface area contributed by atoms with Crippen LogP contribution in [0.1, 0.15) is 11.1 Å². The van der Waals surface area contributed by atoms with Gasteiger partial charge in [0.2, 0.25) is 0 Å². The molecule has 104 valence electrons. The molecule has 2 aromatic carbocycles. The molecule has 0 radical (unpaired) electrons. The van der Waals surface area contributed by atoms with Crippen molar-refractivity contribution in [1.29, 1.82) is 0 Å². The second-order valence-corrected chi connectivity index (χ2v) is 5.02. The lowest BCUT2D eigenvalue weighted by atomic mass is 10.1. The molecule has 0 aliphatic rings. The van der Waals surface area contributed by atoms with E-state index in [0.717, 1.165) is 18.2 Å². The Morgan fingerprint density at radius 1 is 1.20 bits per heavy atom. The zero-order chi connectivity index (χ0) is 14.7. The van der Waals surface area contributed by atoms with Gasteiger partial charge < -0.3 is 11.1 Å². The molecule has 0 fully saturated rings. The maximum atomic E-state index is 13.5. The van der Waals surface area contributed by atoms with E-state index in [9.17, 15) is 8.78 Å². The highest BCUT2D eigenvalue weighted by Gasteiger charge is 2.08. The Balaban J connectivity index is 2.24. The number of hydrogen-bond acceptors (Lipinski definition) is 2. The van der Waals surface area contributed by atoms with Crippen molar-refractivity contribution < 1.29 is 8.78 Å². The lowest BCUT2D eigenvalue weighted by Gasteiger charge is -2.12. The summed E-state index contributed by atoms with van der Waals surface area (Å²) in [4.78, 5) is 0.198. The molecule has 6 heteroatoms. The smallest absolute Gasteiger partial charge is 0.128 e. The first-order valence-corrected chi connectivity index (χ1v) is 6.53. The zero-order valence-corrected chi connectivity index (χ0v) is 11.9. The van der Waals surface area contributed by atoms with Gasteiger partial charge in [0, 0.05) is 28.4 Å². The number of nitrogens with one attached hydrogen (secondary N) is 1. The topological polar surface area (TPSA) is 38.0 Å². The summed E-state index contributed by atoms with van der Waals surface area (Å²) in [6, 6.07) is 8.25. The maximum Gasteiger partial charge on any atom is 0.128 e. The summed E-state index contributed by atoms with van der Waals surface area (Å²) >= 11 is 10.8. The van der Waals surface area contributed by atoms with Crippen LogP contribution >= 0.6 is 23.8 Å². The van der Waals surface area contributed by atoms with Crippen LogP contribution < -0.4 is 11.1 Å². The van der Waals surface area contributed by atoms with Crippen LogP contribution in [0.25, 0.3) is 0 Å². The summed E-state index contributed by atoms with van der Waals surface area (Å²) in [6.07, 6.45) is 0. The predicted octanol–water partition coefficient (Wildman–Crippen LogP) is 3.86. The highest BCUT2D eigenvalue weighted by atomic mass is 35.5. The average Bonchev–Trinajstić information content (AvgIpc) is 2.39. The van der Waals surface area contributed by atoms with Crippen LogP contribution in [0.15, 0.2) is 36.4 Å². The Hall–Kier alpha value is -1.72. The van der Waals surface area contributed by atoms with Crippen molar-refractivity contribution in [2.75, 3.05) is 5.32 Å². The van der Waals surface area contributed by atoms with Gasteiger partial charge in [-0.3, -0.25) is 0 Å². The van der Waals surface area contributed by atoms with Crippen LogP contribution in [-0.2, 0) is 6.54 Å². The van der Waals surface area contributed by atoms with E-state index in [1.807, 2.05) is 0 Å². The van der Waals surface area contributed by atoms with E-state index in [2.05, 4.69) is 5.32 Å². The largest absolute Gasteiger partial charge is 0.389 e. The fourth-order valence-corrected chi connectivity index (χ4v) is 2.10. The van der Waals surface area contributed by atoms with Crippen LogP contribution in [0.2, 0.25) is 5.02 Å². The number of hydrogen-bond donors (Lipinski definition) is 2. The Morgan fingerprint density at radius 3 is 2.65 bits per heavy atom. The molecule has 0 amide bonds. The molecule has 2 nitrogen and oxygen atoms in total. The monoisotopic (exact) mass is 312 g/mol. The van der Waals surface area contributed by atoms with Gasteiger partial charge in [0.1, 0.15) is 16.6 Å². The maximum absolute atomic E-state index is 13.5. The zero-order valence-electron chi connectivity index (χ0n) is 10.3. The van der Waals surface area contributed by atoms with E-state index in [1.54, 1.807) is 18.2 Å². The molecule has 0 spiro atoms. The molecule has 0 bridgehead atoms. The molecule has 0 atom stereocenters. The van der Waals surface area contributed by atoms with Crippen molar-refractivity contribution in [3.8, 4) is 0 Å². The van der Waals surface area contributed by atoms with E-state index >= 15 is 0 Å². The van der Waals surface area contributed by atoms with Crippen molar-refractivity contribution in [2.24, 2.45) is 5.73 Å². The third kappa shape index (κ3) is 3.43. The van der Waals surface area contributed by atoms with Crippen molar-refractivity contribution in [2.45, 2.75) is 6.54 Å². The van der Waals surface area contributed by atoms with Crippen LogP contribution in [-0.4, -0.2) is 4.99 Å². The van der Waals surface area contributed by atoms with Crippen LogP contribution in [0.5, 0.6) is 0 Å². The predicted molar refractivity (Wildman–Crippen MR) is 81.0 cm³/mol. The van der Waals surface area contributed by atoms with Crippen LogP contribution in [0.3, 0.4) is 0 Å². The molecule has 2 rings (SSSR count). The Kier molecular flexibility index (Phi) is 4.52. The number of rotatable bonds is 4. The lowest BCUT2D eigenvalue weighted by molar-refractivity contribution is 0.587. The summed E-state index contributed by atoms with van der Waals surface area (Å²) in [6.45, 7) is 0.0968. The number of anilines is 1. The molecule has 0 heterocycles. The molecule has 0 saturated heterocycles. The molecule has 2 aromatic rings. The van der Waals surface area contributed by atoms with Gasteiger partial charge in [0.05, 0.1) is 0 Å². The van der Waals surface area contributed by atoms with Gasteiger partial charge >= 0.3 is 0 Å². The molecule has 0 aliphatic carbocycles. The summed E-state index contributed by atoms with van der Waals surface area (Å²) < 4.78 is 26.6. The third-order valence-corrected chi connectivity index (χ3v) is 3.18. The second-order valence-electron chi connectivity index (χ2n) is 4.14. The minimum Gasteiger partial charge on any atom is -0.389 e. The average molecular weight is 313 g/mol. The molecule has 0 aliphatic heterocycles. The highest BCUT2D eigenvalue weighted by Crippen LogP contribution is 2.22. The second kappa shape index (κ2) is 6.15. The van der Waals surface area contributed by atoms with E-state index in [-0.39, 0.29) is 17.1 Å². The summed E-state index contributed by atoms with van der Waals surface area (Å²) in [7, 11) is 0. The normalized spacial score (nSPS) is 10.3. The van der Waals surface area contributed by atoms with Crippen molar-refractivity contribution in [1.82, 2.24) is 0 Å². The van der Waals surface area contributed by atoms with Gasteiger partial charge in [0.15, 0.2) is 0 Å². The van der Waals surface area contributed by atoms with Gasteiger partial charge in [-0.1, -0.05) is 23.8 Å². The number of nitrogens with two attached hydrogens (primary N) is 1. The number of thiocarbonyl (C=S) groups is 1. The first-order chi connectivity index (χ1) is 9.47. The first kappa shape index (κ1) is 14.7. The fraction of sp³-hybridized carbons (Fsp3) is 0.0714. The molecular formula is C14H11ClF2N2S. The number of benzene rings is 2. The Labute approximate surface area is 125 Å². The molecule has 3 N–H and O–H groups in total. The molecule has 0 aromatic heterocycles. The van der Waals surface area contributed by atoms with Crippen molar-refractivity contribution in [3.63, 3.8) is 0 Å². The Bertz CT molecular complexity index is 662. The van der Waals surface area contributed by atoms with Gasteiger partial charge in [-0.15, -0.1) is 0 Å². The SMILES string of the molecule is NC(=S)c1ccc(Cl)cc1NCc1cc(F)ccc1F. The van der Waals surface area contributed by atoms with Crippen LogP contribution in [0.4, 0.5) is 14.5 Å². The van der Waals surface area contributed by atoms with E-state index in [1.165, 1.54) is 0 Å². The Morgan fingerprint density at radius 2 is 1.95 bits per heavy atom. The minimum absolute atomic E-state index is 0.0968. The first-order valence-electron chi connectivity index (χ1n) is 5.74. The molecular weight excluding hydrogens is 302 g/mol. The third-order valence-electron chi connectivity index (χ3n) is 2.72. The van der Waals surface area contributed by atoms with Crippen molar-refractivity contribution in [3.05, 3.63) is 64.2 Å². The van der Waals surface area contributed by atoms with Gasteiger partial charge in [-0.25, -0.2) is 8.78 Å². The lowest BCUT2D eigenvalue weighted by Crippen LogP contribution is -2.13. The molecule has 0 saturated carbocycles. The summed E-state index contributed by atoms with van der Waals surface area (Å²) in [5.74, 6) is -0.985. The fourth-order valence-electron chi connectivity index (χ4n) is 1.75. The highest BCUT2D eigenvalue weighted by molar-refractivity contribution is 7.80. The van der Waals surface area contributed by atoms with Gasteiger partial charge in [0.25, 0.3) is 0 Å². The van der Waals surface area contributed by atoms with Crippen molar-refractivity contribution >= 4 is 34.5 Å². The summed E-state index contributed by atoms with van der Waals surface area (Å²) in [5.41, 5.74) is 6.98. The van der Waals surface area contributed by atoms with Gasteiger partial charge in [-0.2, -0.15) is 0 Å². The van der Waals surface area contributed by atoms with E-state index in [0.29, 0.717) is 16.3 Å².